The topological polar surface area (TPSA) is 66.5 Å². The fourth-order valence-corrected chi connectivity index (χ4v) is 3.83. The van der Waals surface area contributed by atoms with Gasteiger partial charge in [0, 0.05) is 24.0 Å². The standard InChI is InChI=1S/C12H18N2O3S2/c1-19(16,17)14-6-2-4-10(9-14)13-12(15)8-11-5-3-7-18-11/h3,5,7,10H,2,4,6,8-9H2,1H3,(H,13,15). The van der Waals surface area contributed by atoms with Crippen LogP contribution in [0.25, 0.3) is 0 Å². The molecular weight excluding hydrogens is 284 g/mol. The van der Waals surface area contributed by atoms with Gasteiger partial charge < -0.3 is 5.32 Å². The second-order valence-electron chi connectivity index (χ2n) is 4.78. The predicted octanol–water partition coefficient (Wildman–Crippen LogP) is 0.831. The lowest BCUT2D eigenvalue weighted by Gasteiger charge is -2.31. The van der Waals surface area contributed by atoms with Crippen molar-refractivity contribution < 1.29 is 13.2 Å². The van der Waals surface area contributed by atoms with Crippen molar-refractivity contribution in [3.05, 3.63) is 22.4 Å². The number of sulfonamides is 1. The average molecular weight is 302 g/mol. The molecule has 1 unspecified atom stereocenters. The van der Waals surface area contributed by atoms with E-state index in [2.05, 4.69) is 5.32 Å². The Balaban J connectivity index is 1.87. The monoisotopic (exact) mass is 302 g/mol. The van der Waals surface area contributed by atoms with E-state index < -0.39 is 10.0 Å². The molecule has 0 saturated carbocycles. The fourth-order valence-electron chi connectivity index (χ4n) is 2.21. The van der Waals surface area contributed by atoms with Crippen molar-refractivity contribution in [2.75, 3.05) is 19.3 Å². The molecule has 0 radical (unpaired) electrons. The van der Waals surface area contributed by atoms with Gasteiger partial charge in [-0.3, -0.25) is 4.79 Å². The predicted molar refractivity (Wildman–Crippen MR) is 75.6 cm³/mol. The van der Waals surface area contributed by atoms with E-state index >= 15 is 0 Å². The van der Waals surface area contributed by atoms with Crippen molar-refractivity contribution in [1.29, 1.82) is 0 Å². The molecule has 1 fully saturated rings. The summed E-state index contributed by atoms with van der Waals surface area (Å²) in [7, 11) is -3.16. The SMILES string of the molecule is CS(=O)(=O)N1CCCC(NC(=O)Cc2cccs2)C1. The lowest BCUT2D eigenvalue weighted by molar-refractivity contribution is -0.121. The number of hydrogen-bond acceptors (Lipinski definition) is 4. The molecule has 0 aliphatic carbocycles. The van der Waals surface area contributed by atoms with Gasteiger partial charge in [-0.25, -0.2) is 12.7 Å². The number of thiophene rings is 1. The van der Waals surface area contributed by atoms with Gasteiger partial charge in [0.05, 0.1) is 12.7 Å². The van der Waals surface area contributed by atoms with Crippen LogP contribution in [0, 0.1) is 0 Å². The third-order valence-corrected chi connectivity index (χ3v) is 5.28. The second kappa shape index (κ2) is 6.02. The van der Waals surface area contributed by atoms with Crippen LogP contribution in [0.15, 0.2) is 17.5 Å². The summed E-state index contributed by atoms with van der Waals surface area (Å²) in [5.41, 5.74) is 0. The Labute approximate surface area is 117 Å². The number of nitrogens with zero attached hydrogens (tertiary/aromatic N) is 1. The zero-order chi connectivity index (χ0) is 13.9. The summed E-state index contributed by atoms with van der Waals surface area (Å²) in [5.74, 6) is -0.0391. The summed E-state index contributed by atoms with van der Waals surface area (Å²) in [4.78, 5) is 12.9. The van der Waals surface area contributed by atoms with Crippen LogP contribution < -0.4 is 5.32 Å². The maximum atomic E-state index is 11.9. The molecule has 2 rings (SSSR count). The Hall–Kier alpha value is -0.920. The second-order valence-corrected chi connectivity index (χ2v) is 7.80. The number of nitrogens with one attached hydrogen (secondary N) is 1. The molecule has 0 bridgehead atoms. The van der Waals surface area contributed by atoms with Crippen molar-refractivity contribution in [2.24, 2.45) is 0 Å². The molecule has 1 aliphatic rings. The molecule has 0 spiro atoms. The number of piperidine rings is 1. The third-order valence-electron chi connectivity index (χ3n) is 3.13. The van der Waals surface area contributed by atoms with E-state index in [4.69, 9.17) is 0 Å². The molecule has 1 aromatic rings. The van der Waals surface area contributed by atoms with E-state index in [9.17, 15) is 13.2 Å². The van der Waals surface area contributed by atoms with Crippen molar-refractivity contribution in [3.63, 3.8) is 0 Å². The number of carbonyl (C=O) groups excluding carboxylic acids is 1. The lowest BCUT2D eigenvalue weighted by Crippen LogP contribution is -2.49. The van der Waals surface area contributed by atoms with Crippen LogP contribution in [-0.2, 0) is 21.2 Å². The Kier molecular flexibility index (Phi) is 4.59. The van der Waals surface area contributed by atoms with Crippen molar-refractivity contribution in [1.82, 2.24) is 9.62 Å². The molecule has 1 aromatic heterocycles. The number of amides is 1. The summed E-state index contributed by atoms with van der Waals surface area (Å²) in [6.07, 6.45) is 3.20. The molecule has 1 saturated heterocycles. The highest BCUT2D eigenvalue weighted by molar-refractivity contribution is 7.88. The minimum Gasteiger partial charge on any atom is -0.352 e. The first-order valence-electron chi connectivity index (χ1n) is 6.22. The van der Waals surface area contributed by atoms with Gasteiger partial charge in [-0.15, -0.1) is 11.3 Å². The van der Waals surface area contributed by atoms with Crippen molar-refractivity contribution >= 4 is 27.3 Å². The molecule has 5 nitrogen and oxygen atoms in total. The van der Waals surface area contributed by atoms with Gasteiger partial charge >= 0.3 is 0 Å². The van der Waals surface area contributed by atoms with Gasteiger partial charge in [-0.1, -0.05) is 6.07 Å². The number of carbonyl (C=O) groups is 1. The molecule has 106 valence electrons. The van der Waals surface area contributed by atoms with Gasteiger partial charge in [-0.05, 0) is 24.3 Å². The molecule has 0 aromatic carbocycles. The van der Waals surface area contributed by atoms with Gasteiger partial charge in [-0.2, -0.15) is 0 Å². The maximum absolute atomic E-state index is 11.9. The van der Waals surface area contributed by atoms with E-state index in [0.717, 1.165) is 17.7 Å². The summed E-state index contributed by atoms with van der Waals surface area (Å²) >= 11 is 1.55. The lowest BCUT2D eigenvalue weighted by atomic mass is 10.1. The zero-order valence-corrected chi connectivity index (χ0v) is 12.5. The summed E-state index contributed by atoms with van der Waals surface area (Å²) in [6, 6.07) is 3.77. The summed E-state index contributed by atoms with van der Waals surface area (Å²) in [5, 5.41) is 4.86. The maximum Gasteiger partial charge on any atom is 0.225 e. The highest BCUT2D eigenvalue weighted by Gasteiger charge is 2.26. The van der Waals surface area contributed by atoms with Crippen LogP contribution in [0.1, 0.15) is 17.7 Å². The van der Waals surface area contributed by atoms with Gasteiger partial charge in [0.1, 0.15) is 0 Å². The molecule has 1 amide bonds. The molecule has 2 heterocycles. The first-order chi connectivity index (χ1) is 8.95. The Morgan fingerprint density at radius 3 is 3.00 bits per heavy atom. The number of hydrogen-bond donors (Lipinski definition) is 1. The van der Waals surface area contributed by atoms with E-state index in [-0.39, 0.29) is 11.9 Å². The minimum atomic E-state index is -3.16. The third kappa shape index (κ3) is 4.29. The van der Waals surface area contributed by atoms with Crippen molar-refractivity contribution in [3.8, 4) is 0 Å². The summed E-state index contributed by atoms with van der Waals surface area (Å²) < 4.78 is 24.4. The fraction of sp³-hybridized carbons (Fsp3) is 0.583. The number of rotatable bonds is 4. The highest BCUT2D eigenvalue weighted by Crippen LogP contribution is 2.14. The largest absolute Gasteiger partial charge is 0.352 e. The summed E-state index contributed by atoms with van der Waals surface area (Å²) in [6.45, 7) is 0.936. The van der Waals surface area contributed by atoms with Crippen molar-refractivity contribution in [2.45, 2.75) is 25.3 Å². The first kappa shape index (κ1) is 14.5. The van der Waals surface area contributed by atoms with Gasteiger partial charge in [0.25, 0.3) is 0 Å². The Morgan fingerprint density at radius 2 is 2.37 bits per heavy atom. The van der Waals surface area contributed by atoms with Gasteiger partial charge in [0.2, 0.25) is 15.9 Å². The van der Waals surface area contributed by atoms with E-state index in [0.29, 0.717) is 19.5 Å². The first-order valence-corrected chi connectivity index (χ1v) is 8.95. The zero-order valence-electron chi connectivity index (χ0n) is 10.8. The van der Waals surface area contributed by atoms with Gasteiger partial charge in [0.15, 0.2) is 0 Å². The quantitative estimate of drug-likeness (QED) is 0.896. The van der Waals surface area contributed by atoms with Crippen LogP contribution >= 0.6 is 11.3 Å². The molecule has 19 heavy (non-hydrogen) atoms. The Bertz CT molecular complexity index is 525. The normalized spacial score (nSPS) is 21.2. The van der Waals surface area contributed by atoms with E-state index in [1.807, 2.05) is 17.5 Å². The molecule has 7 heteroatoms. The van der Waals surface area contributed by atoms with Crippen LogP contribution in [0.3, 0.4) is 0 Å². The van der Waals surface area contributed by atoms with Crippen LogP contribution in [-0.4, -0.2) is 44.0 Å². The average Bonchev–Trinajstić information content (AvgIpc) is 2.80. The smallest absolute Gasteiger partial charge is 0.225 e. The van der Waals surface area contributed by atoms with Crippen LogP contribution in [0.2, 0.25) is 0 Å². The molecular formula is C12H18N2O3S2. The van der Waals surface area contributed by atoms with E-state index in [1.165, 1.54) is 10.6 Å². The molecule has 1 aliphatic heterocycles. The Morgan fingerprint density at radius 1 is 1.58 bits per heavy atom. The van der Waals surface area contributed by atoms with Crippen LogP contribution in [0.5, 0.6) is 0 Å². The molecule has 1 N–H and O–H groups in total. The molecule has 1 atom stereocenters. The van der Waals surface area contributed by atoms with Crippen LogP contribution in [0.4, 0.5) is 0 Å². The van der Waals surface area contributed by atoms with E-state index in [1.54, 1.807) is 11.3 Å². The highest BCUT2D eigenvalue weighted by atomic mass is 32.2. The minimum absolute atomic E-state index is 0.0391.